The van der Waals surface area contributed by atoms with Gasteiger partial charge in [0.05, 0.1) is 16.4 Å². The van der Waals surface area contributed by atoms with Gasteiger partial charge in [-0.2, -0.15) is 5.10 Å². The van der Waals surface area contributed by atoms with Crippen molar-refractivity contribution >= 4 is 11.6 Å². The Bertz CT molecular complexity index is 445. The molecule has 0 unspecified atom stereocenters. The van der Waals surface area contributed by atoms with Crippen molar-refractivity contribution in [1.29, 1.82) is 0 Å². The second-order valence-corrected chi connectivity index (χ2v) is 6.80. The monoisotopic (exact) mass is 297 g/mol. The van der Waals surface area contributed by atoms with Crippen LogP contribution in [0.15, 0.2) is 0 Å². The van der Waals surface area contributed by atoms with E-state index in [9.17, 15) is 0 Å². The number of aryl methyl sites for hydroxylation is 2. The second-order valence-electron chi connectivity index (χ2n) is 6.42. The maximum Gasteiger partial charge on any atom is 0.0849 e. The minimum absolute atomic E-state index is 0.230. The summed E-state index contributed by atoms with van der Waals surface area (Å²) in [6.45, 7) is 5.15. The van der Waals surface area contributed by atoms with Crippen molar-refractivity contribution in [3.05, 3.63) is 16.4 Å². The Morgan fingerprint density at radius 1 is 1.35 bits per heavy atom. The van der Waals surface area contributed by atoms with E-state index in [0.717, 1.165) is 36.0 Å². The highest BCUT2D eigenvalue weighted by molar-refractivity contribution is 6.31. The van der Waals surface area contributed by atoms with E-state index in [2.05, 4.69) is 18.9 Å². The number of rotatable bonds is 5. The average Bonchev–Trinajstić information content (AvgIpc) is 2.75. The molecule has 1 aromatic rings. The largest absolute Gasteiger partial charge is 0.330 e. The van der Waals surface area contributed by atoms with Gasteiger partial charge in [0.15, 0.2) is 0 Å². The van der Waals surface area contributed by atoms with Gasteiger partial charge in [0.25, 0.3) is 0 Å². The van der Waals surface area contributed by atoms with Gasteiger partial charge in [-0.25, -0.2) is 0 Å². The van der Waals surface area contributed by atoms with Crippen LogP contribution < -0.4 is 5.73 Å². The highest BCUT2D eigenvalue weighted by Crippen LogP contribution is 2.42. The predicted molar refractivity (Wildman–Crippen MR) is 85.0 cm³/mol. The molecule has 0 spiro atoms. The molecule has 0 atom stereocenters. The molecule has 1 saturated carbocycles. The first kappa shape index (κ1) is 15.8. The lowest BCUT2D eigenvalue weighted by atomic mass is 9.67. The Labute approximate surface area is 127 Å². The lowest BCUT2D eigenvalue weighted by molar-refractivity contribution is 0.151. The summed E-state index contributed by atoms with van der Waals surface area (Å²) in [4.78, 5) is 0. The van der Waals surface area contributed by atoms with Crippen LogP contribution in [-0.4, -0.2) is 16.3 Å². The Morgan fingerprint density at radius 2 is 2.00 bits per heavy atom. The number of hydrogen-bond donors (Lipinski definition) is 1. The number of halogens is 1. The van der Waals surface area contributed by atoms with Gasteiger partial charge < -0.3 is 5.73 Å². The van der Waals surface area contributed by atoms with Crippen molar-refractivity contribution in [2.24, 2.45) is 24.1 Å². The van der Waals surface area contributed by atoms with Crippen LogP contribution in [0.5, 0.6) is 0 Å². The summed E-state index contributed by atoms with van der Waals surface area (Å²) >= 11 is 6.50. The molecule has 114 valence electrons. The van der Waals surface area contributed by atoms with E-state index in [0.29, 0.717) is 0 Å². The van der Waals surface area contributed by atoms with E-state index >= 15 is 0 Å². The number of aromatic nitrogens is 2. The highest BCUT2D eigenvalue weighted by Gasteiger charge is 2.35. The molecule has 1 aromatic heterocycles. The molecule has 1 heterocycles. The molecule has 0 radical (unpaired) electrons. The summed E-state index contributed by atoms with van der Waals surface area (Å²) < 4.78 is 1.96. The maximum atomic E-state index is 6.50. The smallest absolute Gasteiger partial charge is 0.0849 e. The first-order valence-electron chi connectivity index (χ1n) is 7.95. The molecular weight excluding hydrogens is 270 g/mol. The number of nitrogens with zero attached hydrogens (tertiary/aromatic N) is 2. The van der Waals surface area contributed by atoms with Gasteiger partial charge in [0, 0.05) is 7.05 Å². The zero-order chi connectivity index (χ0) is 14.8. The van der Waals surface area contributed by atoms with E-state index in [4.69, 9.17) is 17.3 Å². The quantitative estimate of drug-likeness (QED) is 0.900. The zero-order valence-electron chi connectivity index (χ0n) is 13.1. The number of nitrogens with two attached hydrogens (primary N) is 1. The van der Waals surface area contributed by atoms with E-state index < -0.39 is 0 Å². The first-order valence-corrected chi connectivity index (χ1v) is 8.33. The molecule has 0 aromatic carbocycles. The van der Waals surface area contributed by atoms with Gasteiger partial charge in [0.2, 0.25) is 0 Å². The molecule has 0 bridgehead atoms. The second kappa shape index (κ2) is 6.48. The molecule has 0 saturated heterocycles. The summed E-state index contributed by atoms with van der Waals surface area (Å²) in [5.74, 6) is 0.892. The molecule has 1 fully saturated rings. The average molecular weight is 298 g/mol. The molecule has 2 N–H and O–H groups in total. The lowest BCUT2D eigenvalue weighted by Crippen LogP contribution is -2.37. The SMILES string of the molecule is CCc1nn(C)c(CC2(CN)CCC(CC)CC2)c1Cl. The Morgan fingerprint density at radius 3 is 2.45 bits per heavy atom. The van der Waals surface area contributed by atoms with E-state index in [-0.39, 0.29) is 5.41 Å². The number of hydrogen-bond acceptors (Lipinski definition) is 2. The van der Waals surface area contributed by atoms with Gasteiger partial charge in [-0.15, -0.1) is 0 Å². The van der Waals surface area contributed by atoms with Crippen molar-refractivity contribution in [1.82, 2.24) is 9.78 Å². The van der Waals surface area contributed by atoms with Gasteiger partial charge in [-0.3, -0.25) is 4.68 Å². The van der Waals surface area contributed by atoms with Crippen LogP contribution in [0, 0.1) is 11.3 Å². The third kappa shape index (κ3) is 3.04. The minimum Gasteiger partial charge on any atom is -0.330 e. The summed E-state index contributed by atoms with van der Waals surface area (Å²) in [6.07, 6.45) is 8.24. The summed E-state index contributed by atoms with van der Waals surface area (Å²) in [6, 6.07) is 0. The summed E-state index contributed by atoms with van der Waals surface area (Å²) in [7, 11) is 2.00. The lowest BCUT2D eigenvalue weighted by Gasteiger charge is -2.39. The molecule has 4 heteroatoms. The Kier molecular flexibility index (Phi) is 5.14. The summed E-state index contributed by atoms with van der Waals surface area (Å²) in [5, 5.41) is 5.40. The normalized spacial score (nSPS) is 26.9. The third-order valence-corrected chi connectivity index (χ3v) is 5.66. The molecule has 1 aliphatic rings. The zero-order valence-corrected chi connectivity index (χ0v) is 13.8. The van der Waals surface area contributed by atoms with Crippen molar-refractivity contribution in [3.63, 3.8) is 0 Å². The van der Waals surface area contributed by atoms with E-state index in [1.807, 2.05) is 11.7 Å². The molecule has 0 amide bonds. The molecule has 3 nitrogen and oxygen atoms in total. The molecule has 0 aliphatic heterocycles. The fourth-order valence-corrected chi connectivity index (χ4v) is 3.88. The first-order chi connectivity index (χ1) is 9.55. The van der Waals surface area contributed by atoms with E-state index in [1.165, 1.54) is 37.8 Å². The Balaban J connectivity index is 2.17. The molecule has 1 aliphatic carbocycles. The van der Waals surface area contributed by atoms with Gasteiger partial charge >= 0.3 is 0 Å². The van der Waals surface area contributed by atoms with Gasteiger partial charge in [-0.05, 0) is 56.4 Å². The van der Waals surface area contributed by atoms with Gasteiger partial charge in [0.1, 0.15) is 0 Å². The van der Waals surface area contributed by atoms with Crippen LogP contribution in [-0.2, 0) is 19.9 Å². The molecular formula is C16H28ClN3. The van der Waals surface area contributed by atoms with Gasteiger partial charge in [-0.1, -0.05) is 31.9 Å². The standard InChI is InChI=1S/C16H28ClN3/c1-4-12-6-8-16(11-18,9-7-12)10-14-15(17)13(5-2)19-20(14)3/h12H,4-11,18H2,1-3H3. The van der Waals surface area contributed by atoms with Crippen LogP contribution in [0.2, 0.25) is 5.02 Å². The fourth-order valence-electron chi connectivity index (χ4n) is 3.52. The van der Waals surface area contributed by atoms with Crippen molar-refractivity contribution in [2.45, 2.75) is 58.8 Å². The maximum absolute atomic E-state index is 6.50. The minimum atomic E-state index is 0.230. The summed E-state index contributed by atoms with van der Waals surface area (Å²) in [5.41, 5.74) is 8.55. The fraction of sp³-hybridized carbons (Fsp3) is 0.812. The Hall–Kier alpha value is -0.540. The van der Waals surface area contributed by atoms with Crippen molar-refractivity contribution < 1.29 is 0 Å². The predicted octanol–water partition coefficient (Wildman–Crippen LogP) is 3.72. The van der Waals surface area contributed by atoms with Crippen LogP contribution in [0.3, 0.4) is 0 Å². The van der Waals surface area contributed by atoms with Crippen LogP contribution in [0.4, 0.5) is 0 Å². The van der Waals surface area contributed by atoms with E-state index in [1.54, 1.807) is 0 Å². The third-order valence-electron chi connectivity index (χ3n) is 5.22. The van der Waals surface area contributed by atoms with Crippen molar-refractivity contribution in [2.75, 3.05) is 6.54 Å². The van der Waals surface area contributed by atoms with Crippen LogP contribution in [0.25, 0.3) is 0 Å². The topological polar surface area (TPSA) is 43.8 Å². The van der Waals surface area contributed by atoms with Crippen LogP contribution in [0.1, 0.15) is 57.3 Å². The molecule has 2 rings (SSSR count). The molecule has 20 heavy (non-hydrogen) atoms. The highest BCUT2D eigenvalue weighted by atomic mass is 35.5. The van der Waals surface area contributed by atoms with Crippen LogP contribution >= 0.6 is 11.6 Å². The van der Waals surface area contributed by atoms with Crippen molar-refractivity contribution in [3.8, 4) is 0 Å².